The molecule has 1 heterocycles. The largest absolute Gasteiger partial charge is 0.352 e. The molecule has 3 rings (SSSR count). The summed E-state index contributed by atoms with van der Waals surface area (Å²) in [5.41, 5.74) is 4.07. The van der Waals surface area contributed by atoms with Gasteiger partial charge in [0.25, 0.3) is 5.91 Å². The van der Waals surface area contributed by atoms with Crippen molar-refractivity contribution in [1.29, 1.82) is 0 Å². The predicted molar refractivity (Wildman–Crippen MR) is 107 cm³/mol. The van der Waals surface area contributed by atoms with Crippen molar-refractivity contribution in [1.82, 2.24) is 10.3 Å². The molecule has 0 radical (unpaired) electrons. The Hall–Kier alpha value is -1.98. The summed E-state index contributed by atoms with van der Waals surface area (Å²) in [5.74, 6) is -0.0615. The SMILES string of the molecule is Cc1cccc(-c2nc(C)c(CCNC(=O)c3ccccc3Br)s2)c1. The molecule has 1 aromatic heterocycles. The molecule has 0 fully saturated rings. The zero-order chi connectivity index (χ0) is 17.8. The van der Waals surface area contributed by atoms with Crippen molar-refractivity contribution in [3.05, 3.63) is 74.7 Å². The number of aromatic nitrogens is 1. The number of halogens is 1. The fourth-order valence-electron chi connectivity index (χ4n) is 2.59. The molecular formula is C20H19BrN2OS. The summed E-state index contributed by atoms with van der Waals surface area (Å²) in [6.45, 7) is 4.71. The molecule has 2 aromatic carbocycles. The number of amides is 1. The molecule has 0 saturated carbocycles. The van der Waals surface area contributed by atoms with Crippen LogP contribution in [0, 0.1) is 13.8 Å². The highest BCUT2D eigenvalue weighted by atomic mass is 79.9. The molecule has 0 unspecified atom stereocenters. The summed E-state index contributed by atoms with van der Waals surface area (Å²) in [6.07, 6.45) is 0.783. The Labute approximate surface area is 160 Å². The molecule has 0 aliphatic carbocycles. The number of rotatable bonds is 5. The Kier molecular flexibility index (Phi) is 5.66. The first-order valence-corrected chi connectivity index (χ1v) is 9.71. The van der Waals surface area contributed by atoms with Crippen LogP contribution in [0.5, 0.6) is 0 Å². The van der Waals surface area contributed by atoms with Crippen LogP contribution in [0.15, 0.2) is 53.0 Å². The van der Waals surface area contributed by atoms with Crippen LogP contribution >= 0.6 is 27.3 Å². The molecule has 25 heavy (non-hydrogen) atoms. The maximum atomic E-state index is 12.3. The van der Waals surface area contributed by atoms with Gasteiger partial charge >= 0.3 is 0 Å². The van der Waals surface area contributed by atoms with Crippen molar-refractivity contribution in [2.75, 3.05) is 6.54 Å². The van der Waals surface area contributed by atoms with Crippen LogP contribution in [0.1, 0.15) is 26.5 Å². The molecule has 0 bridgehead atoms. The van der Waals surface area contributed by atoms with E-state index in [1.165, 1.54) is 10.4 Å². The average Bonchev–Trinajstić information content (AvgIpc) is 2.96. The molecule has 0 saturated heterocycles. The third-order valence-corrected chi connectivity index (χ3v) is 5.87. The molecule has 0 spiro atoms. The van der Waals surface area contributed by atoms with Gasteiger partial charge in [-0.15, -0.1) is 11.3 Å². The van der Waals surface area contributed by atoms with Crippen LogP contribution in [0.25, 0.3) is 10.6 Å². The number of carbonyl (C=O) groups excluding carboxylic acids is 1. The summed E-state index contributed by atoms with van der Waals surface area (Å²) < 4.78 is 0.809. The van der Waals surface area contributed by atoms with Crippen molar-refractivity contribution in [2.45, 2.75) is 20.3 Å². The topological polar surface area (TPSA) is 42.0 Å². The molecule has 0 aliphatic heterocycles. The lowest BCUT2D eigenvalue weighted by molar-refractivity contribution is 0.0953. The van der Waals surface area contributed by atoms with E-state index in [2.05, 4.69) is 52.4 Å². The molecule has 5 heteroatoms. The van der Waals surface area contributed by atoms with E-state index in [0.29, 0.717) is 12.1 Å². The summed E-state index contributed by atoms with van der Waals surface area (Å²) in [6, 6.07) is 15.8. The van der Waals surface area contributed by atoms with Gasteiger partial charge in [-0.2, -0.15) is 0 Å². The van der Waals surface area contributed by atoms with E-state index in [4.69, 9.17) is 4.98 Å². The fraction of sp³-hybridized carbons (Fsp3) is 0.200. The van der Waals surface area contributed by atoms with Crippen LogP contribution in [0.3, 0.4) is 0 Å². The Balaban J connectivity index is 1.64. The van der Waals surface area contributed by atoms with Gasteiger partial charge in [0.2, 0.25) is 0 Å². The molecule has 0 aliphatic rings. The fourth-order valence-corrected chi connectivity index (χ4v) is 4.11. The standard InChI is InChI=1S/C20H19BrN2OS/c1-13-6-5-7-15(12-13)20-23-14(2)18(25-20)10-11-22-19(24)16-8-3-4-9-17(16)21/h3-9,12H,10-11H2,1-2H3,(H,22,24). The second kappa shape index (κ2) is 7.93. The third-order valence-electron chi connectivity index (χ3n) is 3.91. The minimum atomic E-state index is -0.0615. The highest BCUT2D eigenvalue weighted by Crippen LogP contribution is 2.28. The van der Waals surface area contributed by atoms with Gasteiger partial charge in [0.15, 0.2) is 0 Å². The molecule has 1 N–H and O–H groups in total. The summed E-state index contributed by atoms with van der Waals surface area (Å²) in [7, 11) is 0. The molecular weight excluding hydrogens is 396 g/mol. The van der Waals surface area contributed by atoms with E-state index in [9.17, 15) is 4.79 Å². The summed E-state index contributed by atoms with van der Waals surface area (Å²) in [4.78, 5) is 18.2. The first kappa shape index (κ1) is 17.8. The number of aryl methyl sites for hydroxylation is 2. The van der Waals surface area contributed by atoms with Gasteiger partial charge in [-0.1, -0.05) is 35.9 Å². The van der Waals surface area contributed by atoms with Gasteiger partial charge in [0, 0.05) is 27.9 Å². The Morgan fingerprint density at radius 2 is 1.96 bits per heavy atom. The highest BCUT2D eigenvalue weighted by Gasteiger charge is 2.12. The molecule has 3 aromatic rings. The Bertz CT molecular complexity index is 904. The van der Waals surface area contributed by atoms with Crippen molar-refractivity contribution < 1.29 is 4.79 Å². The minimum Gasteiger partial charge on any atom is -0.352 e. The highest BCUT2D eigenvalue weighted by molar-refractivity contribution is 9.10. The number of nitrogens with one attached hydrogen (secondary N) is 1. The van der Waals surface area contributed by atoms with Crippen molar-refractivity contribution in [3.63, 3.8) is 0 Å². The lowest BCUT2D eigenvalue weighted by Crippen LogP contribution is -2.25. The number of hydrogen-bond donors (Lipinski definition) is 1. The average molecular weight is 415 g/mol. The lowest BCUT2D eigenvalue weighted by atomic mass is 10.1. The van der Waals surface area contributed by atoms with Gasteiger partial charge in [0.05, 0.1) is 11.3 Å². The van der Waals surface area contributed by atoms with Crippen LogP contribution < -0.4 is 5.32 Å². The normalized spacial score (nSPS) is 10.7. The van der Waals surface area contributed by atoms with Gasteiger partial charge in [-0.3, -0.25) is 4.79 Å². The maximum absolute atomic E-state index is 12.3. The number of nitrogens with zero attached hydrogens (tertiary/aromatic N) is 1. The third kappa shape index (κ3) is 4.35. The number of hydrogen-bond acceptors (Lipinski definition) is 3. The van der Waals surface area contributed by atoms with Gasteiger partial charge in [-0.05, 0) is 48.0 Å². The smallest absolute Gasteiger partial charge is 0.252 e. The molecule has 128 valence electrons. The number of benzene rings is 2. The van der Waals surface area contributed by atoms with Crippen LogP contribution in [-0.4, -0.2) is 17.4 Å². The first-order chi connectivity index (χ1) is 12.0. The summed E-state index contributed by atoms with van der Waals surface area (Å²) >= 11 is 5.11. The first-order valence-electron chi connectivity index (χ1n) is 8.10. The minimum absolute atomic E-state index is 0.0615. The maximum Gasteiger partial charge on any atom is 0.252 e. The van der Waals surface area contributed by atoms with Crippen LogP contribution in [0.4, 0.5) is 0 Å². The van der Waals surface area contributed by atoms with E-state index >= 15 is 0 Å². The monoisotopic (exact) mass is 414 g/mol. The number of thiazole rings is 1. The molecule has 3 nitrogen and oxygen atoms in total. The molecule has 0 atom stereocenters. The zero-order valence-electron chi connectivity index (χ0n) is 14.2. The van der Waals surface area contributed by atoms with Crippen LogP contribution in [-0.2, 0) is 6.42 Å². The van der Waals surface area contributed by atoms with E-state index in [1.807, 2.05) is 31.2 Å². The predicted octanol–water partition coefficient (Wildman–Crippen LogP) is 5.16. The van der Waals surface area contributed by atoms with E-state index in [-0.39, 0.29) is 5.91 Å². The van der Waals surface area contributed by atoms with Crippen molar-refractivity contribution in [3.8, 4) is 10.6 Å². The van der Waals surface area contributed by atoms with Gasteiger partial charge in [0.1, 0.15) is 5.01 Å². The Morgan fingerprint density at radius 1 is 1.16 bits per heavy atom. The van der Waals surface area contributed by atoms with E-state index in [0.717, 1.165) is 27.2 Å². The lowest BCUT2D eigenvalue weighted by Gasteiger charge is -2.06. The van der Waals surface area contributed by atoms with Gasteiger partial charge in [-0.25, -0.2) is 4.98 Å². The second-order valence-corrected chi connectivity index (χ2v) is 7.82. The summed E-state index contributed by atoms with van der Waals surface area (Å²) in [5, 5.41) is 4.02. The quantitative estimate of drug-likeness (QED) is 0.625. The van der Waals surface area contributed by atoms with Crippen molar-refractivity contribution in [2.24, 2.45) is 0 Å². The zero-order valence-corrected chi connectivity index (χ0v) is 16.6. The molecule has 1 amide bonds. The van der Waals surface area contributed by atoms with Crippen LogP contribution in [0.2, 0.25) is 0 Å². The van der Waals surface area contributed by atoms with Crippen molar-refractivity contribution >= 4 is 33.2 Å². The van der Waals surface area contributed by atoms with Gasteiger partial charge < -0.3 is 5.32 Å². The number of carbonyl (C=O) groups is 1. The second-order valence-electron chi connectivity index (χ2n) is 5.88. The van der Waals surface area contributed by atoms with E-state index in [1.54, 1.807) is 11.3 Å². The van der Waals surface area contributed by atoms with E-state index < -0.39 is 0 Å². The Morgan fingerprint density at radius 3 is 2.72 bits per heavy atom.